The maximum atomic E-state index is 12.9. The molecule has 8 nitrogen and oxygen atoms in total. The topological polar surface area (TPSA) is 72.5 Å². The van der Waals surface area contributed by atoms with Crippen LogP contribution in [0.5, 0.6) is 0 Å². The maximum Gasteiger partial charge on any atom is 0.319 e. The summed E-state index contributed by atoms with van der Waals surface area (Å²) in [5.41, 5.74) is 0.696. The molecule has 3 heterocycles. The van der Waals surface area contributed by atoms with E-state index in [1.54, 1.807) is 23.1 Å². The molecule has 2 unspecified atom stereocenters. The van der Waals surface area contributed by atoms with Crippen LogP contribution in [0.1, 0.15) is 13.3 Å². The van der Waals surface area contributed by atoms with E-state index < -0.39 is 18.7 Å². The minimum atomic E-state index is -0.737. The van der Waals surface area contributed by atoms with E-state index in [-0.39, 0.29) is 12.1 Å². The molecule has 0 saturated carbocycles. The fourth-order valence-corrected chi connectivity index (χ4v) is 4.15. The lowest BCUT2D eigenvalue weighted by Gasteiger charge is -2.36. The predicted molar refractivity (Wildman–Crippen MR) is 107 cm³/mol. The van der Waals surface area contributed by atoms with Gasteiger partial charge in [0, 0.05) is 22.3 Å². The Balaban J connectivity index is 1.73. The Hall–Kier alpha value is -2.45. The van der Waals surface area contributed by atoms with Crippen LogP contribution < -0.4 is 10.2 Å². The highest BCUT2D eigenvalue weighted by atomic mass is 35.5. The summed E-state index contributed by atoms with van der Waals surface area (Å²) in [5.74, 6) is 0. The number of halogens is 2. The number of carbonyl (C=O) groups is 1. The number of anilines is 1. The van der Waals surface area contributed by atoms with Crippen molar-refractivity contribution in [3.05, 3.63) is 53.3 Å². The Morgan fingerprint density at radius 2 is 1.62 bits per heavy atom. The number of rotatable bonds is 5. The van der Waals surface area contributed by atoms with Gasteiger partial charge in [-0.15, -0.1) is 0 Å². The van der Waals surface area contributed by atoms with Crippen molar-refractivity contribution in [2.24, 2.45) is 0 Å². The number of nitrogens with one attached hydrogen (secondary N) is 1. The highest BCUT2D eigenvalue weighted by Crippen LogP contribution is 2.37. The van der Waals surface area contributed by atoms with Gasteiger partial charge in [-0.1, -0.05) is 30.1 Å². The first-order chi connectivity index (χ1) is 14.1. The highest BCUT2D eigenvalue weighted by Gasteiger charge is 2.52. The summed E-state index contributed by atoms with van der Waals surface area (Å²) >= 11 is 12.5. The van der Waals surface area contributed by atoms with E-state index >= 15 is 0 Å². The van der Waals surface area contributed by atoms with Gasteiger partial charge in [-0.05, 0) is 24.6 Å². The lowest BCUT2D eigenvalue weighted by Crippen LogP contribution is -2.54. The largest absolute Gasteiger partial charge is 0.457 e. The molecular weight excluding hydrogens is 421 g/mol. The number of carbonyl (C=O) groups excluding carboxylic acids is 1. The molecular formula is C19H21Cl2N3O5. The Bertz CT molecular complexity index is 785. The molecule has 1 fully saturated rings. The van der Waals surface area contributed by atoms with E-state index in [1.807, 2.05) is 11.8 Å². The van der Waals surface area contributed by atoms with Crippen LogP contribution in [0.3, 0.4) is 0 Å². The van der Waals surface area contributed by atoms with Crippen molar-refractivity contribution in [2.75, 3.05) is 18.0 Å². The highest BCUT2D eigenvalue weighted by molar-refractivity contribution is 6.35. The number of nitrogens with zero attached hydrogens (tertiary/aromatic N) is 2. The summed E-state index contributed by atoms with van der Waals surface area (Å²) in [6.07, 6.45) is 4.72. The van der Waals surface area contributed by atoms with Gasteiger partial charge in [0.1, 0.15) is 31.1 Å². The molecule has 0 spiro atoms. The van der Waals surface area contributed by atoms with E-state index in [9.17, 15) is 4.79 Å². The zero-order valence-corrected chi connectivity index (χ0v) is 17.2. The molecule has 0 radical (unpaired) electrons. The monoisotopic (exact) mass is 441 g/mol. The minimum Gasteiger partial charge on any atom is -0.457 e. The van der Waals surface area contributed by atoms with Gasteiger partial charge >= 0.3 is 6.03 Å². The van der Waals surface area contributed by atoms with Crippen molar-refractivity contribution in [2.45, 2.75) is 38.1 Å². The van der Waals surface area contributed by atoms with Gasteiger partial charge in [-0.3, -0.25) is 4.90 Å². The third-order valence-corrected chi connectivity index (χ3v) is 5.23. The molecule has 3 aliphatic heterocycles. The normalized spacial score (nSPS) is 23.7. The van der Waals surface area contributed by atoms with Crippen LogP contribution in [0, 0.1) is 0 Å². The molecule has 0 bridgehead atoms. The third-order valence-electron chi connectivity index (χ3n) is 4.80. The summed E-state index contributed by atoms with van der Waals surface area (Å²) < 4.78 is 22.4. The second kappa shape index (κ2) is 8.51. The zero-order valence-electron chi connectivity index (χ0n) is 15.7. The minimum absolute atomic E-state index is 0.234. The van der Waals surface area contributed by atoms with Gasteiger partial charge in [0.25, 0.3) is 12.6 Å². The summed E-state index contributed by atoms with van der Waals surface area (Å²) in [7, 11) is 0. The second-order valence-electron chi connectivity index (χ2n) is 6.73. The van der Waals surface area contributed by atoms with Crippen molar-refractivity contribution in [3.8, 4) is 0 Å². The first-order valence-corrected chi connectivity index (χ1v) is 10.0. The molecule has 10 heteroatoms. The predicted octanol–water partition coefficient (Wildman–Crippen LogP) is 3.62. The standard InChI is InChI=1S/C19H21Cl2N3O5/c1-2-3-22-19(25)23-11-15(17-26-4-5-27-17)24(16(23)18-28-6-7-29-18)14-9-12(20)8-13(21)10-14/h4-10,15-18H,2-3,11H2,1H3,(H,22,25). The van der Waals surface area contributed by atoms with Crippen LogP contribution in [0.25, 0.3) is 0 Å². The zero-order chi connectivity index (χ0) is 20.4. The molecule has 1 aromatic carbocycles. The number of urea groups is 1. The van der Waals surface area contributed by atoms with Crippen molar-refractivity contribution < 1.29 is 23.7 Å². The molecule has 2 atom stereocenters. The summed E-state index contributed by atoms with van der Waals surface area (Å²) in [4.78, 5) is 16.5. The number of benzene rings is 1. The third kappa shape index (κ3) is 4.00. The van der Waals surface area contributed by atoms with Gasteiger partial charge in [0.05, 0.1) is 6.54 Å². The number of ether oxygens (including phenoxy) is 4. The molecule has 29 heavy (non-hydrogen) atoms. The lowest BCUT2D eigenvalue weighted by atomic mass is 10.2. The van der Waals surface area contributed by atoms with Crippen molar-refractivity contribution in [1.29, 1.82) is 0 Å². The van der Waals surface area contributed by atoms with E-state index in [0.717, 1.165) is 6.42 Å². The molecule has 2 amide bonds. The maximum absolute atomic E-state index is 12.9. The molecule has 0 aliphatic carbocycles. The molecule has 4 rings (SSSR count). The smallest absolute Gasteiger partial charge is 0.319 e. The average molecular weight is 442 g/mol. The van der Waals surface area contributed by atoms with Crippen LogP contribution in [0.15, 0.2) is 43.2 Å². The quantitative estimate of drug-likeness (QED) is 0.751. The number of hydrogen-bond donors (Lipinski definition) is 1. The fourth-order valence-electron chi connectivity index (χ4n) is 3.63. The van der Waals surface area contributed by atoms with Crippen molar-refractivity contribution in [3.63, 3.8) is 0 Å². The van der Waals surface area contributed by atoms with Crippen molar-refractivity contribution >= 4 is 34.9 Å². The Labute approximate surface area is 178 Å². The SMILES string of the molecule is CCCNC(=O)N1CC(C2OC=CO2)N(c2cc(Cl)cc(Cl)c2)C1C1OC=CO1. The van der Waals surface area contributed by atoms with Crippen LogP contribution in [-0.4, -0.2) is 48.8 Å². The Morgan fingerprint density at radius 3 is 2.21 bits per heavy atom. The first-order valence-electron chi connectivity index (χ1n) is 9.29. The molecule has 156 valence electrons. The number of amides is 2. The summed E-state index contributed by atoms with van der Waals surface area (Å²) in [6, 6.07) is 4.59. The van der Waals surface area contributed by atoms with Crippen molar-refractivity contribution in [1.82, 2.24) is 10.2 Å². The van der Waals surface area contributed by atoms with Gasteiger partial charge in [-0.2, -0.15) is 0 Å². The van der Waals surface area contributed by atoms with E-state index in [1.165, 1.54) is 25.0 Å². The molecule has 1 aromatic rings. The van der Waals surface area contributed by atoms with Crippen LogP contribution in [0.4, 0.5) is 10.5 Å². The van der Waals surface area contributed by atoms with Gasteiger partial charge in [-0.25, -0.2) is 4.79 Å². The second-order valence-corrected chi connectivity index (χ2v) is 7.60. The Kier molecular flexibility index (Phi) is 5.82. The van der Waals surface area contributed by atoms with Crippen LogP contribution >= 0.6 is 23.2 Å². The van der Waals surface area contributed by atoms with Crippen LogP contribution in [-0.2, 0) is 18.9 Å². The molecule has 1 saturated heterocycles. The average Bonchev–Trinajstić information content (AvgIpc) is 3.44. The molecule has 3 aliphatic rings. The first kappa shape index (κ1) is 19.8. The summed E-state index contributed by atoms with van der Waals surface area (Å²) in [5, 5.41) is 3.85. The molecule has 1 N–H and O–H groups in total. The van der Waals surface area contributed by atoms with E-state index in [4.69, 9.17) is 42.1 Å². The summed E-state index contributed by atoms with van der Waals surface area (Å²) in [6.45, 7) is 2.86. The van der Waals surface area contributed by atoms with Gasteiger partial charge in [0.2, 0.25) is 0 Å². The van der Waals surface area contributed by atoms with E-state index in [0.29, 0.717) is 28.8 Å². The van der Waals surface area contributed by atoms with Gasteiger partial charge < -0.3 is 29.2 Å². The number of hydrogen-bond acceptors (Lipinski definition) is 6. The Morgan fingerprint density at radius 1 is 1.03 bits per heavy atom. The lowest BCUT2D eigenvalue weighted by molar-refractivity contribution is -0.0674. The molecule has 0 aromatic heterocycles. The van der Waals surface area contributed by atoms with E-state index in [2.05, 4.69) is 5.32 Å². The van der Waals surface area contributed by atoms with Crippen LogP contribution in [0.2, 0.25) is 10.0 Å². The van der Waals surface area contributed by atoms with Gasteiger partial charge in [0.15, 0.2) is 6.17 Å². The fraction of sp³-hybridized carbons (Fsp3) is 0.421.